The average molecular weight is 194 g/mol. The van der Waals surface area contributed by atoms with Gasteiger partial charge in [-0.2, -0.15) is 0 Å². The molecule has 0 radical (unpaired) electrons. The van der Waals surface area contributed by atoms with E-state index in [1.165, 1.54) is 5.57 Å². The van der Waals surface area contributed by atoms with Crippen LogP contribution in [-0.2, 0) is 4.79 Å². The molecule has 0 amide bonds. The number of fused-ring (bicyclic) bond motifs is 1. The molecular weight excluding hydrogens is 176 g/mol. The molecule has 0 aromatic heterocycles. The van der Waals surface area contributed by atoms with Gasteiger partial charge < -0.3 is 5.11 Å². The monoisotopic (exact) mass is 194 g/mol. The van der Waals surface area contributed by atoms with Crippen LogP contribution in [0.15, 0.2) is 12.2 Å². The van der Waals surface area contributed by atoms with E-state index in [9.17, 15) is 4.79 Å². The zero-order valence-electron chi connectivity index (χ0n) is 8.70. The Balaban J connectivity index is 2.19. The molecule has 14 heavy (non-hydrogen) atoms. The molecule has 4 unspecified atom stereocenters. The minimum atomic E-state index is -0.596. The van der Waals surface area contributed by atoms with Crippen molar-refractivity contribution in [1.29, 1.82) is 0 Å². The fourth-order valence-electron chi connectivity index (χ4n) is 3.29. The van der Waals surface area contributed by atoms with Crippen molar-refractivity contribution in [2.45, 2.75) is 32.6 Å². The third-order valence-corrected chi connectivity index (χ3v) is 4.12. The second-order valence-electron chi connectivity index (χ2n) is 4.86. The van der Waals surface area contributed by atoms with E-state index >= 15 is 0 Å². The first kappa shape index (κ1) is 9.75. The molecule has 4 atom stereocenters. The molecule has 0 spiro atoms. The average Bonchev–Trinajstić information content (AvgIpc) is 2.43. The lowest BCUT2D eigenvalue weighted by Gasteiger charge is -2.31. The van der Waals surface area contributed by atoms with Gasteiger partial charge in [0.2, 0.25) is 0 Å². The summed E-state index contributed by atoms with van der Waals surface area (Å²) in [4.78, 5) is 11.1. The molecule has 2 nitrogen and oxygen atoms in total. The molecule has 2 saturated carbocycles. The van der Waals surface area contributed by atoms with Gasteiger partial charge in [0, 0.05) is 0 Å². The van der Waals surface area contributed by atoms with Crippen LogP contribution in [0.2, 0.25) is 0 Å². The Morgan fingerprint density at radius 1 is 1.50 bits per heavy atom. The molecule has 0 bridgehead atoms. The third kappa shape index (κ3) is 1.37. The summed E-state index contributed by atoms with van der Waals surface area (Å²) in [6, 6.07) is 0. The first-order valence-corrected chi connectivity index (χ1v) is 5.52. The lowest BCUT2D eigenvalue weighted by atomic mass is 9.73. The van der Waals surface area contributed by atoms with E-state index in [-0.39, 0.29) is 5.92 Å². The molecule has 0 heterocycles. The Morgan fingerprint density at radius 2 is 2.21 bits per heavy atom. The summed E-state index contributed by atoms with van der Waals surface area (Å²) in [5.74, 6) is 0.714. The van der Waals surface area contributed by atoms with E-state index in [1.54, 1.807) is 0 Å². The van der Waals surface area contributed by atoms with Crippen molar-refractivity contribution >= 4 is 5.97 Å². The molecule has 2 fully saturated rings. The van der Waals surface area contributed by atoms with Crippen LogP contribution < -0.4 is 0 Å². The van der Waals surface area contributed by atoms with Crippen molar-refractivity contribution in [3.05, 3.63) is 12.2 Å². The fourth-order valence-corrected chi connectivity index (χ4v) is 3.29. The van der Waals surface area contributed by atoms with Crippen molar-refractivity contribution in [3.8, 4) is 0 Å². The van der Waals surface area contributed by atoms with Crippen LogP contribution in [0.4, 0.5) is 0 Å². The molecule has 2 heteroatoms. The van der Waals surface area contributed by atoms with Crippen LogP contribution in [-0.4, -0.2) is 11.1 Å². The summed E-state index contributed by atoms with van der Waals surface area (Å²) in [7, 11) is 0. The smallest absolute Gasteiger partial charge is 0.306 e. The Morgan fingerprint density at radius 3 is 2.86 bits per heavy atom. The van der Waals surface area contributed by atoms with Crippen molar-refractivity contribution in [2.24, 2.45) is 23.7 Å². The highest BCUT2D eigenvalue weighted by Gasteiger charge is 2.44. The van der Waals surface area contributed by atoms with E-state index in [0.29, 0.717) is 17.8 Å². The summed E-state index contributed by atoms with van der Waals surface area (Å²) in [6.07, 6.45) is 4.14. The molecule has 0 aliphatic heterocycles. The summed E-state index contributed by atoms with van der Waals surface area (Å²) in [5, 5.41) is 9.13. The first-order valence-electron chi connectivity index (χ1n) is 5.52. The summed E-state index contributed by atoms with van der Waals surface area (Å²) in [5.41, 5.74) is 1.31. The predicted molar refractivity (Wildman–Crippen MR) is 54.9 cm³/mol. The number of carbonyl (C=O) groups is 1. The zero-order valence-corrected chi connectivity index (χ0v) is 8.70. The van der Waals surface area contributed by atoms with Crippen LogP contribution in [0.3, 0.4) is 0 Å². The van der Waals surface area contributed by atoms with E-state index in [1.807, 2.05) is 0 Å². The molecule has 1 N–H and O–H groups in total. The largest absolute Gasteiger partial charge is 0.481 e. The Hall–Kier alpha value is -0.790. The van der Waals surface area contributed by atoms with Crippen LogP contribution in [0.1, 0.15) is 32.6 Å². The molecule has 0 aromatic carbocycles. The topological polar surface area (TPSA) is 37.3 Å². The minimum Gasteiger partial charge on any atom is -0.481 e. The minimum absolute atomic E-state index is 0.101. The fraction of sp³-hybridized carbons (Fsp3) is 0.750. The van der Waals surface area contributed by atoms with E-state index in [4.69, 9.17) is 5.11 Å². The van der Waals surface area contributed by atoms with Gasteiger partial charge in [-0.1, -0.05) is 25.5 Å². The molecule has 0 saturated heterocycles. The maximum atomic E-state index is 11.1. The van der Waals surface area contributed by atoms with Crippen molar-refractivity contribution < 1.29 is 9.90 Å². The van der Waals surface area contributed by atoms with Crippen LogP contribution in [0.5, 0.6) is 0 Å². The van der Waals surface area contributed by atoms with Crippen LogP contribution in [0, 0.1) is 23.7 Å². The van der Waals surface area contributed by atoms with Crippen molar-refractivity contribution in [2.75, 3.05) is 0 Å². The quantitative estimate of drug-likeness (QED) is 0.652. The van der Waals surface area contributed by atoms with Gasteiger partial charge in [-0.05, 0) is 37.0 Å². The normalized spacial score (nSPS) is 42.2. The van der Waals surface area contributed by atoms with Gasteiger partial charge in [0.15, 0.2) is 0 Å². The van der Waals surface area contributed by atoms with Crippen molar-refractivity contribution in [1.82, 2.24) is 0 Å². The molecule has 2 rings (SSSR count). The third-order valence-electron chi connectivity index (χ3n) is 4.12. The highest BCUT2D eigenvalue weighted by Crippen LogP contribution is 2.50. The maximum Gasteiger partial charge on any atom is 0.306 e. The van der Waals surface area contributed by atoms with E-state index in [2.05, 4.69) is 13.5 Å². The highest BCUT2D eigenvalue weighted by atomic mass is 16.4. The number of aliphatic carboxylic acids is 1. The molecule has 2 aliphatic carbocycles. The number of rotatable bonds is 1. The molecule has 2 aliphatic rings. The Bertz CT molecular complexity index is 263. The summed E-state index contributed by atoms with van der Waals surface area (Å²) >= 11 is 0. The van der Waals surface area contributed by atoms with Crippen molar-refractivity contribution in [3.63, 3.8) is 0 Å². The first-order chi connectivity index (χ1) is 6.61. The lowest BCUT2D eigenvalue weighted by molar-refractivity contribution is -0.145. The number of carboxylic acid groups (broad SMARTS) is 1. The predicted octanol–water partition coefficient (Wildman–Crippen LogP) is 2.70. The van der Waals surface area contributed by atoms with Gasteiger partial charge in [-0.3, -0.25) is 4.79 Å². The maximum absolute atomic E-state index is 11.1. The van der Waals surface area contributed by atoms with Gasteiger partial charge in [0.25, 0.3) is 0 Å². The molecular formula is C12H18O2. The second kappa shape index (κ2) is 3.41. The lowest BCUT2D eigenvalue weighted by Crippen LogP contribution is -2.30. The van der Waals surface area contributed by atoms with Gasteiger partial charge in [0.05, 0.1) is 5.92 Å². The SMILES string of the molecule is C=C1C(C)CC2C1CCCC2C(=O)O. The Kier molecular flexibility index (Phi) is 2.38. The number of allylic oxidation sites excluding steroid dienone is 1. The van der Waals surface area contributed by atoms with Gasteiger partial charge in [-0.25, -0.2) is 0 Å². The zero-order chi connectivity index (χ0) is 10.3. The standard InChI is InChI=1S/C12H18O2/c1-7-6-11-9(8(7)2)4-3-5-10(11)12(13)14/h7,9-11H,2-6H2,1H3,(H,13,14). The van der Waals surface area contributed by atoms with Crippen LogP contribution in [0.25, 0.3) is 0 Å². The van der Waals surface area contributed by atoms with Gasteiger partial charge in [0.1, 0.15) is 0 Å². The highest BCUT2D eigenvalue weighted by molar-refractivity contribution is 5.70. The molecule has 78 valence electrons. The van der Waals surface area contributed by atoms with E-state index < -0.39 is 5.97 Å². The van der Waals surface area contributed by atoms with E-state index in [0.717, 1.165) is 25.7 Å². The number of hydrogen-bond donors (Lipinski definition) is 1. The number of carboxylic acids is 1. The van der Waals surface area contributed by atoms with Crippen LogP contribution >= 0.6 is 0 Å². The Labute approximate surface area is 85.0 Å². The summed E-state index contributed by atoms with van der Waals surface area (Å²) < 4.78 is 0. The van der Waals surface area contributed by atoms with Gasteiger partial charge >= 0.3 is 5.97 Å². The van der Waals surface area contributed by atoms with Gasteiger partial charge in [-0.15, -0.1) is 0 Å². The second-order valence-corrected chi connectivity index (χ2v) is 4.86. The summed E-state index contributed by atoms with van der Waals surface area (Å²) in [6.45, 7) is 6.30. The number of hydrogen-bond acceptors (Lipinski definition) is 1. The molecule has 0 aromatic rings.